The molecule has 0 fully saturated rings. The van der Waals surface area contributed by atoms with E-state index in [9.17, 15) is 14.7 Å². The molecule has 6 nitrogen and oxygen atoms in total. The molecule has 1 aliphatic heterocycles. The van der Waals surface area contributed by atoms with Gasteiger partial charge in [0.15, 0.2) is 10.9 Å². The normalized spacial score (nSPS) is 16.2. The Bertz CT molecular complexity index is 1340. The molecule has 1 amide bonds. The zero-order chi connectivity index (χ0) is 22.2. The van der Waals surface area contributed by atoms with E-state index in [1.165, 1.54) is 27.6 Å². The first-order valence-electron chi connectivity index (χ1n) is 10.0. The lowest BCUT2D eigenvalue weighted by Gasteiger charge is -2.24. The fourth-order valence-corrected chi connectivity index (χ4v) is 5.48. The standard InChI is InChI=1S/C24H18N2O4S2/c1-2-30-15-10-11-16-18(13-15)32-24(25-16)26-20(14-7-4-3-5-8-14)19(22(28)23(26)29)21(27)17-9-6-12-31-17/h3-13,20,28H,2H2,1H3. The first-order valence-corrected chi connectivity index (χ1v) is 11.7. The van der Waals surface area contributed by atoms with E-state index in [4.69, 9.17) is 4.74 Å². The number of aromatic nitrogens is 1. The van der Waals surface area contributed by atoms with Crippen molar-refractivity contribution < 1.29 is 19.4 Å². The number of benzene rings is 2. The van der Waals surface area contributed by atoms with E-state index in [0.717, 1.165) is 16.0 Å². The molecule has 0 saturated carbocycles. The highest BCUT2D eigenvalue weighted by Gasteiger charge is 2.46. The molecule has 1 unspecified atom stereocenters. The molecule has 3 heterocycles. The van der Waals surface area contributed by atoms with Crippen LogP contribution in [0.2, 0.25) is 0 Å². The maximum atomic E-state index is 13.3. The Morgan fingerprint density at radius 1 is 1.16 bits per heavy atom. The summed E-state index contributed by atoms with van der Waals surface area (Å²) in [5.74, 6) is -0.812. The van der Waals surface area contributed by atoms with Crippen molar-refractivity contribution in [2.24, 2.45) is 0 Å². The Morgan fingerprint density at radius 3 is 2.69 bits per heavy atom. The van der Waals surface area contributed by atoms with E-state index >= 15 is 0 Å². The van der Waals surface area contributed by atoms with Gasteiger partial charge in [-0.05, 0) is 42.1 Å². The van der Waals surface area contributed by atoms with Crippen LogP contribution in [0.1, 0.15) is 28.2 Å². The van der Waals surface area contributed by atoms with Crippen LogP contribution in [0, 0.1) is 0 Å². The number of ether oxygens (including phenoxy) is 1. The molecule has 2 aromatic carbocycles. The third-order valence-electron chi connectivity index (χ3n) is 5.18. The molecule has 0 aliphatic carbocycles. The van der Waals surface area contributed by atoms with Gasteiger partial charge in [0.1, 0.15) is 5.75 Å². The zero-order valence-corrected chi connectivity index (χ0v) is 18.7. The largest absolute Gasteiger partial charge is 0.503 e. The van der Waals surface area contributed by atoms with Gasteiger partial charge in [-0.25, -0.2) is 4.98 Å². The molecular formula is C24H18N2O4S2. The number of carbonyl (C=O) groups is 2. The highest BCUT2D eigenvalue weighted by Crippen LogP contribution is 2.44. The van der Waals surface area contributed by atoms with Gasteiger partial charge in [0.2, 0.25) is 5.78 Å². The van der Waals surface area contributed by atoms with Crippen LogP contribution in [0.3, 0.4) is 0 Å². The Hall–Kier alpha value is -3.49. The maximum Gasteiger partial charge on any atom is 0.296 e. The SMILES string of the molecule is CCOc1ccc2nc(N3C(=O)C(O)=C(C(=O)c4cccs4)C3c3ccccc3)sc2c1. The van der Waals surface area contributed by atoms with Crippen LogP contribution >= 0.6 is 22.7 Å². The van der Waals surface area contributed by atoms with E-state index in [2.05, 4.69) is 4.98 Å². The summed E-state index contributed by atoms with van der Waals surface area (Å²) < 4.78 is 6.42. The number of nitrogens with zero attached hydrogens (tertiary/aromatic N) is 2. The van der Waals surface area contributed by atoms with Crippen LogP contribution in [0.25, 0.3) is 10.2 Å². The molecular weight excluding hydrogens is 444 g/mol. The van der Waals surface area contributed by atoms with Crippen molar-refractivity contribution in [2.75, 3.05) is 11.5 Å². The fourth-order valence-electron chi connectivity index (χ4n) is 3.78. The monoisotopic (exact) mass is 462 g/mol. The van der Waals surface area contributed by atoms with E-state index < -0.39 is 17.7 Å². The lowest BCUT2D eigenvalue weighted by molar-refractivity contribution is -0.117. The number of hydrogen-bond donors (Lipinski definition) is 1. The lowest BCUT2D eigenvalue weighted by atomic mass is 9.96. The van der Waals surface area contributed by atoms with Crippen molar-refractivity contribution >= 4 is 49.7 Å². The highest BCUT2D eigenvalue weighted by atomic mass is 32.1. The molecule has 8 heteroatoms. The number of aliphatic hydroxyl groups excluding tert-OH is 1. The number of Topliss-reactive ketones (excluding diaryl/α,β-unsaturated/α-hetero) is 1. The van der Waals surface area contributed by atoms with Gasteiger partial charge >= 0.3 is 0 Å². The van der Waals surface area contributed by atoms with Crippen LogP contribution < -0.4 is 9.64 Å². The van der Waals surface area contributed by atoms with Gasteiger partial charge < -0.3 is 9.84 Å². The Labute approximate surface area is 192 Å². The average Bonchev–Trinajstić information content (AvgIpc) is 3.53. The van der Waals surface area contributed by atoms with Gasteiger partial charge in [0.25, 0.3) is 5.91 Å². The van der Waals surface area contributed by atoms with Gasteiger partial charge in [-0.3, -0.25) is 14.5 Å². The number of hydrogen-bond acceptors (Lipinski definition) is 7. The van der Waals surface area contributed by atoms with Gasteiger partial charge in [-0.15, -0.1) is 11.3 Å². The number of thiophene rings is 1. The van der Waals surface area contributed by atoms with Crippen LogP contribution in [0.4, 0.5) is 5.13 Å². The number of rotatable bonds is 6. The molecule has 5 rings (SSSR count). The van der Waals surface area contributed by atoms with E-state index in [1.54, 1.807) is 17.5 Å². The Balaban J connectivity index is 1.64. The molecule has 0 saturated heterocycles. The number of amides is 1. The first kappa shape index (κ1) is 20.4. The molecule has 1 atom stereocenters. The summed E-state index contributed by atoms with van der Waals surface area (Å²) in [6.45, 7) is 2.46. The van der Waals surface area contributed by atoms with Gasteiger partial charge in [-0.1, -0.05) is 47.7 Å². The van der Waals surface area contributed by atoms with Crippen LogP contribution in [-0.4, -0.2) is 28.4 Å². The molecule has 160 valence electrons. The molecule has 32 heavy (non-hydrogen) atoms. The summed E-state index contributed by atoms with van der Waals surface area (Å²) in [4.78, 5) is 33.0. The van der Waals surface area contributed by atoms with Crippen molar-refractivity contribution in [3.05, 3.63) is 87.8 Å². The number of anilines is 1. The maximum absolute atomic E-state index is 13.3. The summed E-state index contributed by atoms with van der Waals surface area (Å²) in [7, 11) is 0. The number of thiazole rings is 1. The second-order valence-corrected chi connectivity index (χ2v) is 9.07. The van der Waals surface area contributed by atoms with Crippen molar-refractivity contribution in [1.82, 2.24) is 4.98 Å². The summed E-state index contributed by atoms with van der Waals surface area (Å²) in [6.07, 6.45) is 0. The quantitative estimate of drug-likeness (QED) is 0.381. The number of fused-ring (bicyclic) bond motifs is 1. The predicted molar refractivity (Wildman–Crippen MR) is 126 cm³/mol. The third-order valence-corrected chi connectivity index (χ3v) is 7.06. The minimum atomic E-state index is -0.773. The number of aliphatic hydroxyl groups is 1. The smallest absolute Gasteiger partial charge is 0.296 e. The van der Waals surface area contributed by atoms with Gasteiger partial charge in [0.05, 0.1) is 33.3 Å². The van der Waals surface area contributed by atoms with Crippen LogP contribution in [0.5, 0.6) is 5.75 Å². The van der Waals surface area contributed by atoms with Crippen molar-refractivity contribution in [3.63, 3.8) is 0 Å². The molecule has 0 bridgehead atoms. The minimum absolute atomic E-state index is 0.0675. The molecule has 4 aromatic rings. The zero-order valence-electron chi connectivity index (χ0n) is 17.0. The predicted octanol–water partition coefficient (Wildman–Crippen LogP) is 5.54. The van der Waals surface area contributed by atoms with Crippen LogP contribution in [0.15, 0.2) is 77.4 Å². The van der Waals surface area contributed by atoms with Crippen molar-refractivity contribution in [1.29, 1.82) is 0 Å². The van der Waals surface area contributed by atoms with E-state index in [0.29, 0.717) is 22.1 Å². The molecule has 0 radical (unpaired) electrons. The Morgan fingerprint density at radius 2 is 1.97 bits per heavy atom. The third kappa shape index (κ3) is 3.37. The summed E-state index contributed by atoms with van der Waals surface area (Å²) >= 11 is 2.59. The molecule has 0 spiro atoms. The Kier molecular flexibility index (Phi) is 5.24. The number of carbonyl (C=O) groups excluding carboxylic acids is 2. The minimum Gasteiger partial charge on any atom is -0.503 e. The topological polar surface area (TPSA) is 79.7 Å². The van der Waals surface area contributed by atoms with Crippen molar-refractivity contribution in [2.45, 2.75) is 13.0 Å². The summed E-state index contributed by atoms with van der Waals surface area (Å²) in [5, 5.41) is 13.0. The lowest BCUT2D eigenvalue weighted by Crippen LogP contribution is -2.30. The van der Waals surface area contributed by atoms with Gasteiger partial charge in [0, 0.05) is 0 Å². The summed E-state index contributed by atoms with van der Waals surface area (Å²) in [5.41, 5.74) is 1.50. The molecule has 1 aliphatic rings. The first-order chi connectivity index (χ1) is 15.6. The average molecular weight is 463 g/mol. The molecule has 1 N–H and O–H groups in total. The van der Waals surface area contributed by atoms with Crippen molar-refractivity contribution in [3.8, 4) is 5.75 Å². The number of ketones is 1. The highest BCUT2D eigenvalue weighted by molar-refractivity contribution is 7.22. The molecule has 2 aromatic heterocycles. The summed E-state index contributed by atoms with van der Waals surface area (Å²) in [6, 6.07) is 17.5. The fraction of sp³-hybridized carbons (Fsp3) is 0.125. The van der Waals surface area contributed by atoms with E-state index in [-0.39, 0.29) is 11.4 Å². The van der Waals surface area contributed by atoms with E-state index in [1.807, 2.05) is 55.5 Å². The van der Waals surface area contributed by atoms with Crippen LogP contribution in [-0.2, 0) is 4.79 Å². The second-order valence-electron chi connectivity index (χ2n) is 7.12. The second kappa shape index (κ2) is 8.22. The van der Waals surface area contributed by atoms with Gasteiger partial charge in [-0.2, -0.15) is 0 Å².